The molecule has 0 aliphatic rings. The first kappa shape index (κ1) is 30.3. The second-order valence-corrected chi connectivity index (χ2v) is 10.3. The van der Waals surface area contributed by atoms with Gasteiger partial charge in [-0.3, -0.25) is 4.79 Å². The SMILES string of the molecule is CCN(CC)c1ccc2cc(-c3nc4ccccc4[nH]3)c(=O)oc2c1.CCN(CC)c1ccc2cc(C(C)=O)c(=O)oc2c1. The summed E-state index contributed by atoms with van der Waals surface area (Å²) in [4.78, 5) is 47.6. The van der Waals surface area contributed by atoms with E-state index in [0.29, 0.717) is 22.6 Å². The number of anilines is 2. The summed E-state index contributed by atoms with van der Waals surface area (Å²) in [5.74, 6) is 0.258. The number of hydrogen-bond donors (Lipinski definition) is 1. The lowest BCUT2D eigenvalue weighted by molar-refractivity contribution is 0.101. The van der Waals surface area contributed by atoms with Crippen LogP contribution >= 0.6 is 0 Å². The van der Waals surface area contributed by atoms with Crippen molar-refractivity contribution in [3.8, 4) is 11.4 Å². The second kappa shape index (κ2) is 13.0. The number of para-hydroxylation sites is 2. The Morgan fingerprint density at radius 3 is 1.82 bits per heavy atom. The monoisotopic (exact) mass is 592 g/mol. The highest BCUT2D eigenvalue weighted by Crippen LogP contribution is 2.26. The Hall–Kier alpha value is -5.18. The maximum Gasteiger partial charge on any atom is 0.347 e. The van der Waals surface area contributed by atoms with Gasteiger partial charge in [0.25, 0.3) is 0 Å². The van der Waals surface area contributed by atoms with Gasteiger partial charge in [0.15, 0.2) is 5.78 Å². The van der Waals surface area contributed by atoms with Crippen LogP contribution in [0.5, 0.6) is 0 Å². The van der Waals surface area contributed by atoms with Crippen molar-refractivity contribution in [1.29, 1.82) is 0 Å². The van der Waals surface area contributed by atoms with Gasteiger partial charge in [0.1, 0.15) is 28.1 Å². The fourth-order valence-electron chi connectivity index (χ4n) is 5.26. The molecule has 44 heavy (non-hydrogen) atoms. The van der Waals surface area contributed by atoms with Crippen LogP contribution in [-0.4, -0.2) is 41.9 Å². The van der Waals surface area contributed by atoms with Crippen LogP contribution in [0.3, 0.4) is 0 Å². The van der Waals surface area contributed by atoms with Crippen LogP contribution in [0.1, 0.15) is 45.0 Å². The molecule has 0 atom stereocenters. The summed E-state index contributed by atoms with van der Waals surface area (Å²) in [6.07, 6.45) is 0. The van der Waals surface area contributed by atoms with Crippen molar-refractivity contribution in [2.24, 2.45) is 0 Å². The van der Waals surface area contributed by atoms with Gasteiger partial charge < -0.3 is 23.6 Å². The molecule has 9 nitrogen and oxygen atoms in total. The number of Topliss-reactive ketones (excluding diaryl/α,β-unsaturated/α-hetero) is 1. The lowest BCUT2D eigenvalue weighted by Crippen LogP contribution is -2.21. The van der Waals surface area contributed by atoms with Gasteiger partial charge in [-0.15, -0.1) is 0 Å². The molecule has 9 heteroatoms. The first-order chi connectivity index (χ1) is 21.3. The van der Waals surface area contributed by atoms with E-state index in [0.717, 1.165) is 59.4 Å². The third kappa shape index (κ3) is 6.13. The third-order valence-electron chi connectivity index (χ3n) is 7.72. The molecule has 6 rings (SSSR count). The molecule has 3 aromatic heterocycles. The van der Waals surface area contributed by atoms with Crippen LogP contribution in [-0.2, 0) is 0 Å². The van der Waals surface area contributed by atoms with Crippen molar-refractivity contribution >= 4 is 50.1 Å². The van der Waals surface area contributed by atoms with E-state index < -0.39 is 5.63 Å². The number of ketones is 1. The summed E-state index contributed by atoms with van der Waals surface area (Å²) in [5, 5.41) is 1.65. The molecule has 0 saturated heterocycles. The number of H-pyrrole nitrogens is 1. The van der Waals surface area contributed by atoms with Crippen LogP contribution in [0.25, 0.3) is 44.4 Å². The molecule has 226 valence electrons. The molecular weight excluding hydrogens is 556 g/mol. The van der Waals surface area contributed by atoms with E-state index >= 15 is 0 Å². The zero-order chi connectivity index (χ0) is 31.4. The van der Waals surface area contributed by atoms with Gasteiger partial charge in [0.2, 0.25) is 0 Å². The van der Waals surface area contributed by atoms with E-state index in [1.54, 1.807) is 6.07 Å². The molecule has 0 aliphatic heterocycles. The molecule has 3 aromatic carbocycles. The van der Waals surface area contributed by atoms with Gasteiger partial charge in [0.05, 0.1) is 11.0 Å². The number of carbonyl (C=O) groups is 1. The van der Waals surface area contributed by atoms with Crippen molar-refractivity contribution in [3.63, 3.8) is 0 Å². The Labute approximate surface area is 254 Å². The zero-order valence-corrected chi connectivity index (χ0v) is 25.6. The van der Waals surface area contributed by atoms with Crippen LogP contribution < -0.4 is 21.1 Å². The van der Waals surface area contributed by atoms with Gasteiger partial charge >= 0.3 is 11.3 Å². The van der Waals surface area contributed by atoms with Crippen molar-refractivity contribution in [2.75, 3.05) is 36.0 Å². The molecule has 0 bridgehead atoms. The average molecular weight is 593 g/mol. The molecule has 1 N–H and O–H groups in total. The molecule has 6 aromatic rings. The van der Waals surface area contributed by atoms with E-state index in [4.69, 9.17) is 8.83 Å². The molecule has 0 radical (unpaired) electrons. The maximum atomic E-state index is 12.5. The quantitative estimate of drug-likeness (QED) is 0.148. The number of rotatable bonds is 8. The van der Waals surface area contributed by atoms with Crippen molar-refractivity contribution < 1.29 is 13.6 Å². The highest BCUT2D eigenvalue weighted by atomic mass is 16.4. The van der Waals surface area contributed by atoms with Crippen LogP contribution in [0.2, 0.25) is 0 Å². The number of benzene rings is 3. The van der Waals surface area contributed by atoms with Crippen molar-refractivity contribution in [1.82, 2.24) is 9.97 Å². The van der Waals surface area contributed by atoms with Gasteiger partial charge in [0, 0.05) is 60.5 Å². The summed E-state index contributed by atoms with van der Waals surface area (Å²) < 4.78 is 10.8. The summed E-state index contributed by atoms with van der Waals surface area (Å²) in [7, 11) is 0. The second-order valence-electron chi connectivity index (χ2n) is 10.3. The van der Waals surface area contributed by atoms with E-state index in [2.05, 4.69) is 53.5 Å². The van der Waals surface area contributed by atoms with Gasteiger partial charge in [-0.1, -0.05) is 12.1 Å². The van der Waals surface area contributed by atoms with E-state index in [1.165, 1.54) is 6.92 Å². The smallest absolute Gasteiger partial charge is 0.347 e. The molecule has 0 saturated carbocycles. The predicted octanol–water partition coefficient (Wildman–Crippen LogP) is 7.02. The maximum absolute atomic E-state index is 12.5. The van der Waals surface area contributed by atoms with E-state index in [9.17, 15) is 14.4 Å². The summed E-state index contributed by atoms with van der Waals surface area (Å²) >= 11 is 0. The fraction of sp³-hybridized carbons (Fsp3) is 0.257. The Balaban J connectivity index is 0.000000182. The highest BCUT2D eigenvalue weighted by Gasteiger charge is 2.14. The van der Waals surface area contributed by atoms with Crippen LogP contribution in [0, 0.1) is 0 Å². The van der Waals surface area contributed by atoms with Crippen molar-refractivity contribution in [2.45, 2.75) is 34.6 Å². The topological polar surface area (TPSA) is 113 Å². The molecule has 0 spiro atoms. The normalized spacial score (nSPS) is 11.0. The molecule has 3 heterocycles. The first-order valence-corrected chi connectivity index (χ1v) is 14.9. The van der Waals surface area contributed by atoms with Gasteiger partial charge in [-0.25, -0.2) is 14.6 Å². The summed E-state index contributed by atoms with van der Waals surface area (Å²) in [5.41, 5.74) is 4.48. The van der Waals surface area contributed by atoms with E-state index in [1.807, 2.05) is 60.7 Å². The summed E-state index contributed by atoms with van der Waals surface area (Å²) in [6, 6.07) is 22.8. The number of aromatic amines is 1. The third-order valence-corrected chi connectivity index (χ3v) is 7.72. The molecular formula is C35H36N4O5. The van der Waals surface area contributed by atoms with E-state index in [-0.39, 0.29) is 17.0 Å². The number of imidazole rings is 1. The Kier molecular flexibility index (Phi) is 8.94. The number of nitrogens with one attached hydrogen (secondary N) is 1. The minimum absolute atomic E-state index is 0.100. The molecule has 0 aliphatic carbocycles. The van der Waals surface area contributed by atoms with Crippen molar-refractivity contribution in [3.05, 3.63) is 99.2 Å². The minimum atomic E-state index is -0.573. The fourth-order valence-corrected chi connectivity index (χ4v) is 5.26. The number of aromatic nitrogens is 2. The van der Waals surface area contributed by atoms with Gasteiger partial charge in [-0.2, -0.15) is 0 Å². The molecule has 0 fully saturated rings. The number of nitrogens with zero attached hydrogens (tertiary/aromatic N) is 3. The van der Waals surface area contributed by atoms with Crippen LogP contribution in [0.15, 0.2) is 91.2 Å². The highest BCUT2D eigenvalue weighted by molar-refractivity contribution is 5.96. The summed E-state index contributed by atoms with van der Waals surface area (Å²) in [6.45, 7) is 13.3. The zero-order valence-electron chi connectivity index (χ0n) is 25.6. The lowest BCUT2D eigenvalue weighted by Gasteiger charge is -2.20. The number of hydrogen-bond acceptors (Lipinski definition) is 8. The van der Waals surface area contributed by atoms with Crippen LogP contribution in [0.4, 0.5) is 11.4 Å². The predicted molar refractivity (Wildman–Crippen MR) is 177 cm³/mol. The molecule has 0 unspecified atom stereocenters. The Morgan fingerprint density at radius 2 is 1.27 bits per heavy atom. The Bertz CT molecular complexity index is 2030. The Morgan fingerprint density at radius 1 is 0.727 bits per heavy atom. The first-order valence-electron chi connectivity index (χ1n) is 14.9. The average Bonchev–Trinajstić information content (AvgIpc) is 3.46. The molecule has 0 amide bonds. The standard InChI is InChI=1S/C20H19N3O2.C15H17NO3/c1-3-23(4-2)14-10-9-13-11-15(20(24)25-18(13)12-14)19-21-16-7-5-6-8-17(16)22-19;1-4-16(5-2)12-7-6-11-8-13(10(3)17)15(18)19-14(11)9-12/h5-12H,3-4H2,1-2H3,(H,21,22);6-9H,4-5H2,1-3H3. The van der Waals surface area contributed by atoms with Gasteiger partial charge in [-0.05, 0) is 83.1 Å². The largest absolute Gasteiger partial charge is 0.422 e. The lowest BCUT2D eigenvalue weighted by atomic mass is 10.1. The number of carbonyl (C=O) groups excluding carboxylic acids is 1. The number of fused-ring (bicyclic) bond motifs is 3. The minimum Gasteiger partial charge on any atom is -0.422 e.